The van der Waals surface area contributed by atoms with Crippen molar-refractivity contribution in [2.45, 2.75) is 39.2 Å². The Morgan fingerprint density at radius 1 is 0.955 bits per heavy atom. The van der Waals surface area contributed by atoms with Crippen molar-refractivity contribution in [1.29, 1.82) is 0 Å². The van der Waals surface area contributed by atoms with Crippen LogP contribution in [-0.2, 0) is 6.54 Å². The summed E-state index contributed by atoms with van der Waals surface area (Å²) in [6.45, 7) is 10.9. The first-order valence-corrected chi connectivity index (χ1v) is 12.0. The molecule has 1 aliphatic heterocycles. The Morgan fingerprint density at radius 2 is 1.55 bits per heavy atom. The van der Waals surface area contributed by atoms with Crippen LogP contribution in [-0.4, -0.2) is 25.8 Å². The number of quaternary nitrogens is 1. The van der Waals surface area contributed by atoms with Crippen LogP contribution in [0.1, 0.15) is 28.3 Å². The summed E-state index contributed by atoms with van der Waals surface area (Å²) in [6, 6.07) is 18.5. The number of fused-ring (bicyclic) bond motifs is 1. The minimum Gasteiger partial charge on any atom is -0.316 e. The molecule has 0 aliphatic carbocycles. The SMILES string of the molecule is Cc1ccccc1[C@@H]1c2ccccc2C[N@@+]1(C)C[Si](C)(C)C. The first-order chi connectivity index (χ1) is 10.3. The monoisotopic (exact) mass is 310 g/mol. The smallest absolute Gasteiger partial charge is 0.141 e. The molecule has 116 valence electrons. The van der Waals surface area contributed by atoms with Crippen LogP contribution in [0, 0.1) is 6.92 Å². The number of hydrogen-bond donors (Lipinski definition) is 0. The molecule has 0 radical (unpaired) electrons. The van der Waals surface area contributed by atoms with Gasteiger partial charge in [0.1, 0.15) is 20.7 Å². The predicted molar refractivity (Wildman–Crippen MR) is 97.6 cm³/mol. The molecule has 3 rings (SSSR count). The molecule has 2 aromatic rings. The molecule has 0 amide bonds. The van der Waals surface area contributed by atoms with E-state index in [1.807, 2.05) is 0 Å². The van der Waals surface area contributed by atoms with Crippen molar-refractivity contribution in [2.75, 3.05) is 13.2 Å². The fourth-order valence-corrected chi connectivity index (χ4v) is 6.85. The zero-order valence-electron chi connectivity index (χ0n) is 14.6. The highest BCUT2D eigenvalue weighted by molar-refractivity contribution is 6.76. The maximum Gasteiger partial charge on any atom is 0.141 e. The summed E-state index contributed by atoms with van der Waals surface area (Å²) in [7, 11) is 1.31. The maximum absolute atomic E-state index is 2.49. The summed E-state index contributed by atoms with van der Waals surface area (Å²) >= 11 is 0. The molecule has 0 spiro atoms. The highest BCUT2D eigenvalue weighted by Crippen LogP contribution is 2.44. The van der Waals surface area contributed by atoms with E-state index in [1.54, 1.807) is 0 Å². The van der Waals surface area contributed by atoms with E-state index in [9.17, 15) is 0 Å². The third-order valence-corrected chi connectivity index (χ3v) is 6.49. The Morgan fingerprint density at radius 3 is 2.18 bits per heavy atom. The molecule has 1 nitrogen and oxygen atoms in total. The van der Waals surface area contributed by atoms with E-state index in [2.05, 4.69) is 82.1 Å². The normalized spacial score (nSPS) is 24.3. The number of benzene rings is 2. The molecule has 0 saturated heterocycles. The van der Waals surface area contributed by atoms with Crippen molar-refractivity contribution in [3.8, 4) is 0 Å². The first-order valence-electron chi connectivity index (χ1n) is 8.28. The molecule has 0 aromatic heterocycles. The maximum atomic E-state index is 2.49. The van der Waals surface area contributed by atoms with Gasteiger partial charge in [0.25, 0.3) is 0 Å². The molecule has 2 aromatic carbocycles. The van der Waals surface area contributed by atoms with E-state index in [-0.39, 0.29) is 0 Å². The van der Waals surface area contributed by atoms with Gasteiger partial charge in [-0.15, -0.1) is 0 Å². The Balaban J connectivity index is 2.14. The van der Waals surface area contributed by atoms with E-state index in [0.29, 0.717) is 6.04 Å². The quantitative estimate of drug-likeness (QED) is 0.557. The van der Waals surface area contributed by atoms with Crippen LogP contribution in [0.4, 0.5) is 0 Å². The van der Waals surface area contributed by atoms with Gasteiger partial charge >= 0.3 is 0 Å². The summed E-state index contributed by atoms with van der Waals surface area (Å²) in [5.74, 6) is 0. The second-order valence-corrected chi connectivity index (χ2v) is 13.8. The highest BCUT2D eigenvalue weighted by atomic mass is 28.3. The molecule has 22 heavy (non-hydrogen) atoms. The largest absolute Gasteiger partial charge is 0.316 e. The number of aryl methyl sites for hydroxylation is 1. The zero-order valence-corrected chi connectivity index (χ0v) is 15.6. The summed E-state index contributed by atoms with van der Waals surface area (Å²) in [5.41, 5.74) is 6.01. The topological polar surface area (TPSA) is 0 Å². The highest BCUT2D eigenvalue weighted by Gasteiger charge is 2.45. The fraction of sp³-hybridized carbons (Fsp3) is 0.400. The Bertz CT molecular complexity index is 686. The fourth-order valence-electron chi connectivity index (χ4n) is 4.39. The molecule has 0 unspecified atom stereocenters. The van der Waals surface area contributed by atoms with Crippen LogP contribution >= 0.6 is 0 Å². The molecular weight excluding hydrogens is 282 g/mol. The van der Waals surface area contributed by atoms with Gasteiger partial charge in [-0.3, -0.25) is 0 Å². The molecule has 0 saturated carbocycles. The predicted octanol–water partition coefficient (Wildman–Crippen LogP) is 4.92. The van der Waals surface area contributed by atoms with Gasteiger partial charge < -0.3 is 4.48 Å². The van der Waals surface area contributed by atoms with Crippen LogP contribution < -0.4 is 0 Å². The van der Waals surface area contributed by atoms with Gasteiger partial charge in [-0.25, -0.2) is 0 Å². The van der Waals surface area contributed by atoms with Gasteiger partial charge in [0.05, 0.1) is 13.2 Å². The van der Waals surface area contributed by atoms with Gasteiger partial charge in [-0.1, -0.05) is 68.2 Å². The van der Waals surface area contributed by atoms with Crippen LogP contribution in [0.5, 0.6) is 0 Å². The molecule has 1 heterocycles. The Kier molecular flexibility index (Phi) is 3.78. The van der Waals surface area contributed by atoms with Crippen molar-refractivity contribution < 1.29 is 4.48 Å². The van der Waals surface area contributed by atoms with Crippen LogP contribution in [0.25, 0.3) is 0 Å². The van der Waals surface area contributed by atoms with Gasteiger partial charge in [0.15, 0.2) is 0 Å². The van der Waals surface area contributed by atoms with Crippen molar-refractivity contribution in [2.24, 2.45) is 0 Å². The van der Waals surface area contributed by atoms with Crippen molar-refractivity contribution in [3.63, 3.8) is 0 Å². The molecule has 0 fully saturated rings. The minimum absolute atomic E-state index is 0.490. The van der Waals surface area contributed by atoms with E-state index in [0.717, 1.165) is 4.48 Å². The first kappa shape index (κ1) is 15.5. The second-order valence-electron chi connectivity index (χ2n) is 8.31. The standard InChI is InChI=1S/C20H28NSi/c1-16-10-6-8-12-18(16)20-19-13-9-7-11-17(19)14-21(20,2)15-22(3,4)5/h6-13,20H,14-15H2,1-5H3/q+1/t20-,21+/m1/s1. The van der Waals surface area contributed by atoms with Gasteiger partial charge in [-0.05, 0) is 12.5 Å². The molecular formula is C20H28NSi+. The third kappa shape index (κ3) is 2.78. The number of nitrogens with zero attached hydrogens (tertiary/aromatic N) is 1. The summed E-state index contributed by atoms with van der Waals surface area (Å²) in [6.07, 6.45) is 1.32. The lowest BCUT2D eigenvalue weighted by Gasteiger charge is -2.41. The summed E-state index contributed by atoms with van der Waals surface area (Å²) < 4.78 is 1.14. The molecule has 2 atom stereocenters. The van der Waals surface area contributed by atoms with Crippen LogP contribution in [0.2, 0.25) is 19.6 Å². The lowest BCUT2D eigenvalue weighted by Crippen LogP contribution is -2.52. The van der Waals surface area contributed by atoms with E-state index in [4.69, 9.17) is 0 Å². The average Bonchev–Trinajstić information content (AvgIpc) is 2.68. The summed E-state index contributed by atoms with van der Waals surface area (Å²) in [4.78, 5) is 0. The minimum atomic E-state index is -1.15. The van der Waals surface area contributed by atoms with Crippen molar-refractivity contribution >= 4 is 8.07 Å². The lowest BCUT2D eigenvalue weighted by molar-refractivity contribution is -0.930. The summed E-state index contributed by atoms with van der Waals surface area (Å²) in [5, 5.41) is 0. The Hall–Kier alpha value is -1.38. The van der Waals surface area contributed by atoms with Crippen molar-refractivity contribution in [3.05, 3.63) is 70.8 Å². The van der Waals surface area contributed by atoms with Gasteiger partial charge in [0, 0.05) is 16.7 Å². The molecule has 2 heteroatoms. The van der Waals surface area contributed by atoms with E-state index in [1.165, 1.54) is 35.0 Å². The van der Waals surface area contributed by atoms with Gasteiger partial charge in [0.2, 0.25) is 0 Å². The van der Waals surface area contributed by atoms with Crippen LogP contribution in [0.3, 0.4) is 0 Å². The molecule has 0 bridgehead atoms. The Labute approximate surface area is 136 Å². The van der Waals surface area contributed by atoms with Gasteiger partial charge in [-0.2, -0.15) is 0 Å². The molecule has 1 aliphatic rings. The molecule has 0 N–H and O–H groups in total. The van der Waals surface area contributed by atoms with Crippen molar-refractivity contribution in [1.82, 2.24) is 0 Å². The second kappa shape index (κ2) is 5.36. The number of hydrogen-bond acceptors (Lipinski definition) is 0. The average molecular weight is 311 g/mol. The van der Waals surface area contributed by atoms with E-state index < -0.39 is 8.07 Å². The number of rotatable bonds is 3. The third-order valence-electron chi connectivity index (χ3n) is 4.82. The van der Waals surface area contributed by atoms with E-state index >= 15 is 0 Å². The lowest BCUT2D eigenvalue weighted by atomic mass is 9.94. The van der Waals surface area contributed by atoms with Crippen LogP contribution in [0.15, 0.2) is 48.5 Å². The zero-order chi connectivity index (χ0) is 16.0.